The number of nitrogens with zero attached hydrogens (tertiary/aromatic N) is 1. The second kappa shape index (κ2) is 6.87. The lowest BCUT2D eigenvalue weighted by Gasteiger charge is -2.23. The van der Waals surface area contributed by atoms with E-state index in [9.17, 15) is 13.2 Å². The van der Waals surface area contributed by atoms with E-state index in [1.54, 1.807) is 0 Å². The summed E-state index contributed by atoms with van der Waals surface area (Å²) in [7, 11) is -3.17. The Kier molecular flexibility index (Phi) is 5.40. The van der Waals surface area contributed by atoms with Gasteiger partial charge in [-0.15, -0.1) is 0 Å². The molecule has 2 aliphatic heterocycles. The molecule has 0 radical (unpaired) electrons. The second-order valence-corrected chi connectivity index (χ2v) is 7.93. The van der Waals surface area contributed by atoms with Crippen LogP contribution in [-0.2, 0) is 14.8 Å². The van der Waals surface area contributed by atoms with E-state index in [1.807, 2.05) is 0 Å². The Labute approximate surface area is 121 Å². The van der Waals surface area contributed by atoms with Gasteiger partial charge < -0.3 is 10.6 Å². The van der Waals surface area contributed by atoms with Gasteiger partial charge in [0, 0.05) is 26.1 Å². The number of sulfonamides is 1. The molecule has 2 saturated heterocycles. The molecule has 0 bridgehead atoms. The molecule has 0 aromatic rings. The lowest BCUT2D eigenvalue weighted by molar-refractivity contribution is -0.119. The quantitative estimate of drug-likeness (QED) is 0.744. The Hall–Kier alpha value is -0.660. The predicted octanol–water partition coefficient (Wildman–Crippen LogP) is -0.0837. The smallest absolute Gasteiger partial charge is 0.217 e. The first-order valence-corrected chi connectivity index (χ1v) is 9.04. The molecule has 0 aromatic heterocycles. The highest BCUT2D eigenvalue weighted by Gasteiger charge is 2.31. The topological polar surface area (TPSA) is 78.5 Å². The van der Waals surface area contributed by atoms with E-state index in [0.717, 1.165) is 32.4 Å². The lowest BCUT2D eigenvalue weighted by Crippen LogP contribution is -2.38. The maximum Gasteiger partial charge on any atom is 0.217 e. The normalized spacial score (nSPS) is 25.8. The number of nitrogens with one attached hydrogen (secondary N) is 2. The second-order valence-electron chi connectivity index (χ2n) is 5.84. The van der Waals surface area contributed by atoms with Crippen molar-refractivity contribution in [3.8, 4) is 0 Å². The molecule has 0 saturated carbocycles. The fraction of sp³-hybridized carbons (Fsp3) is 0.923. The number of hydrogen-bond acceptors (Lipinski definition) is 4. The molecule has 116 valence electrons. The third-order valence-corrected chi connectivity index (χ3v) is 6.06. The third-order valence-electron chi connectivity index (χ3n) is 4.19. The summed E-state index contributed by atoms with van der Waals surface area (Å²) < 4.78 is 26.1. The van der Waals surface area contributed by atoms with Crippen LogP contribution in [0.5, 0.6) is 0 Å². The van der Waals surface area contributed by atoms with Gasteiger partial charge in [-0.05, 0) is 44.7 Å². The molecule has 1 unspecified atom stereocenters. The molecule has 7 heteroatoms. The average molecular weight is 303 g/mol. The molecule has 2 heterocycles. The molecule has 2 fully saturated rings. The van der Waals surface area contributed by atoms with Gasteiger partial charge >= 0.3 is 0 Å². The van der Waals surface area contributed by atoms with E-state index in [1.165, 1.54) is 11.2 Å². The highest BCUT2D eigenvalue weighted by atomic mass is 32.2. The van der Waals surface area contributed by atoms with Crippen LogP contribution < -0.4 is 10.6 Å². The fourth-order valence-electron chi connectivity index (χ4n) is 3.00. The molecule has 1 amide bonds. The van der Waals surface area contributed by atoms with Crippen LogP contribution in [0, 0.1) is 5.92 Å². The van der Waals surface area contributed by atoms with Gasteiger partial charge in [-0.25, -0.2) is 8.42 Å². The maximum atomic E-state index is 12.3. The van der Waals surface area contributed by atoms with Crippen LogP contribution in [0.4, 0.5) is 0 Å². The first-order valence-electron chi connectivity index (χ1n) is 7.43. The Morgan fingerprint density at radius 3 is 2.65 bits per heavy atom. The predicted molar refractivity (Wildman–Crippen MR) is 77.8 cm³/mol. The molecule has 20 heavy (non-hydrogen) atoms. The third kappa shape index (κ3) is 4.43. The van der Waals surface area contributed by atoms with Crippen LogP contribution in [0.15, 0.2) is 0 Å². The van der Waals surface area contributed by atoms with Crippen LogP contribution in [0.3, 0.4) is 0 Å². The highest BCUT2D eigenvalue weighted by molar-refractivity contribution is 7.89. The minimum atomic E-state index is -3.17. The van der Waals surface area contributed by atoms with Gasteiger partial charge in [0.15, 0.2) is 0 Å². The van der Waals surface area contributed by atoms with Crippen molar-refractivity contribution < 1.29 is 13.2 Å². The van der Waals surface area contributed by atoms with Gasteiger partial charge in [0.05, 0.1) is 5.75 Å². The number of rotatable bonds is 5. The largest absolute Gasteiger partial charge is 0.352 e. The van der Waals surface area contributed by atoms with Crippen LogP contribution in [0.2, 0.25) is 0 Å². The Morgan fingerprint density at radius 1 is 1.30 bits per heavy atom. The summed E-state index contributed by atoms with van der Waals surface area (Å²) >= 11 is 0. The molecule has 6 nitrogen and oxygen atoms in total. The Morgan fingerprint density at radius 2 is 2.00 bits per heavy atom. The standard InChI is InChI=1S/C13H25N3O3S/c1-11(17)15-13-4-8-16(10-13)20(18,19)9-5-12-2-6-14-7-3-12/h12-14H,2-10H2,1H3,(H,15,17). The summed E-state index contributed by atoms with van der Waals surface area (Å²) in [5.74, 6) is 0.675. The molecular weight excluding hydrogens is 278 g/mol. The average Bonchev–Trinajstić information content (AvgIpc) is 2.86. The van der Waals surface area contributed by atoms with Gasteiger partial charge in [0.1, 0.15) is 0 Å². The molecule has 2 aliphatic rings. The zero-order valence-electron chi connectivity index (χ0n) is 12.1. The van der Waals surface area contributed by atoms with Crippen LogP contribution in [0.1, 0.15) is 32.6 Å². The van der Waals surface area contributed by atoms with Crippen molar-refractivity contribution in [3.63, 3.8) is 0 Å². The number of piperidine rings is 1. The van der Waals surface area contributed by atoms with Crippen molar-refractivity contribution in [1.82, 2.24) is 14.9 Å². The lowest BCUT2D eigenvalue weighted by atomic mass is 9.96. The maximum absolute atomic E-state index is 12.3. The van der Waals surface area contributed by atoms with E-state index in [-0.39, 0.29) is 17.7 Å². The summed E-state index contributed by atoms with van der Waals surface area (Å²) in [6.07, 6.45) is 3.62. The van der Waals surface area contributed by atoms with Gasteiger partial charge in [0.2, 0.25) is 15.9 Å². The van der Waals surface area contributed by atoms with Gasteiger partial charge in [-0.3, -0.25) is 4.79 Å². The van der Waals surface area contributed by atoms with Crippen LogP contribution in [-0.4, -0.2) is 56.6 Å². The van der Waals surface area contributed by atoms with Crippen molar-refractivity contribution in [2.75, 3.05) is 31.9 Å². The summed E-state index contributed by atoms with van der Waals surface area (Å²) in [4.78, 5) is 11.0. The molecular formula is C13H25N3O3S. The molecule has 0 aromatic carbocycles. The minimum absolute atomic E-state index is 0.0267. The summed E-state index contributed by atoms with van der Waals surface area (Å²) in [6.45, 7) is 4.42. The molecule has 0 spiro atoms. The number of carbonyl (C=O) groups excluding carboxylic acids is 1. The Bertz CT molecular complexity index is 432. The zero-order valence-corrected chi connectivity index (χ0v) is 12.9. The van der Waals surface area contributed by atoms with E-state index >= 15 is 0 Å². The molecule has 1 atom stereocenters. The van der Waals surface area contributed by atoms with E-state index < -0.39 is 10.0 Å². The van der Waals surface area contributed by atoms with Crippen molar-refractivity contribution in [2.24, 2.45) is 5.92 Å². The fourth-order valence-corrected chi connectivity index (χ4v) is 4.68. The van der Waals surface area contributed by atoms with Gasteiger partial charge in [-0.1, -0.05) is 0 Å². The SMILES string of the molecule is CC(=O)NC1CCN(S(=O)(=O)CCC2CCNCC2)C1. The Balaban J connectivity index is 1.79. The zero-order chi connectivity index (χ0) is 14.6. The van der Waals surface area contributed by atoms with Crippen molar-refractivity contribution >= 4 is 15.9 Å². The molecule has 0 aliphatic carbocycles. The summed E-state index contributed by atoms with van der Waals surface area (Å²) in [5, 5.41) is 6.09. The number of carbonyl (C=O) groups is 1. The van der Waals surface area contributed by atoms with Crippen LogP contribution >= 0.6 is 0 Å². The minimum Gasteiger partial charge on any atom is -0.352 e. The summed E-state index contributed by atoms with van der Waals surface area (Å²) in [6, 6.07) is -0.0267. The number of amides is 1. The van der Waals surface area contributed by atoms with E-state index in [4.69, 9.17) is 0 Å². The summed E-state index contributed by atoms with van der Waals surface area (Å²) in [5.41, 5.74) is 0. The van der Waals surface area contributed by atoms with Crippen molar-refractivity contribution in [2.45, 2.75) is 38.6 Å². The first-order chi connectivity index (χ1) is 9.47. The van der Waals surface area contributed by atoms with Crippen LogP contribution in [0.25, 0.3) is 0 Å². The number of hydrogen-bond donors (Lipinski definition) is 2. The molecule has 2 N–H and O–H groups in total. The van der Waals surface area contributed by atoms with Gasteiger partial charge in [0.25, 0.3) is 0 Å². The molecule has 2 rings (SSSR count). The van der Waals surface area contributed by atoms with Gasteiger partial charge in [-0.2, -0.15) is 4.31 Å². The van der Waals surface area contributed by atoms with E-state index in [0.29, 0.717) is 25.4 Å². The monoisotopic (exact) mass is 303 g/mol. The van der Waals surface area contributed by atoms with E-state index in [2.05, 4.69) is 10.6 Å². The van der Waals surface area contributed by atoms with Crippen molar-refractivity contribution in [3.05, 3.63) is 0 Å². The van der Waals surface area contributed by atoms with Crippen molar-refractivity contribution in [1.29, 1.82) is 0 Å². The first kappa shape index (κ1) is 15.7. The highest BCUT2D eigenvalue weighted by Crippen LogP contribution is 2.20.